The van der Waals surface area contributed by atoms with Gasteiger partial charge in [0.1, 0.15) is 0 Å². The Morgan fingerprint density at radius 2 is 1.94 bits per heavy atom. The van der Waals surface area contributed by atoms with Crippen LogP contribution >= 0.6 is 0 Å². The third kappa shape index (κ3) is 4.82. The lowest BCUT2D eigenvalue weighted by Crippen LogP contribution is -2.24. The van der Waals surface area contributed by atoms with Gasteiger partial charge < -0.3 is 5.32 Å². The van der Waals surface area contributed by atoms with Crippen molar-refractivity contribution in [3.8, 4) is 0 Å². The number of aryl methyl sites for hydroxylation is 1. The Labute approximate surface area is 102 Å². The number of halogens is 2. The summed E-state index contributed by atoms with van der Waals surface area (Å²) < 4.78 is 25.7. The van der Waals surface area contributed by atoms with Crippen LogP contribution in [0.1, 0.15) is 38.2 Å². The Morgan fingerprint density at radius 3 is 2.53 bits per heavy atom. The van der Waals surface area contributed by atoms with E-state index in [0.29, 0.717) is 6.04 Å². The summed E-state index contributed by atoms with van der Waals surface area (Å²) in [6.45, 7) is 2.17. The molecule has 0 radical (unpaired) electrons. The summed E-state index contributed by atoms with van der Waals surface area (Å²) in [5.41, 5.74) is 0.871. The second-order valence-electron chi connectivity index (χ2n) is 4.41. The second kappa shape index (κ2) is 7.38. The van der Waals surface area contributed by atoms with Gasteiger partial charge in [-0.1, -0.05) is 19.4 Å². The lowest BCUT2D eigenvalue weighted by Gasteiger charge is -2.14. The van der Waals surface area contributed by atoms with Crippen LogP contribution in [0, 0.1) is 11.6 Å². The molecule has 3 heteroatoms. The number of benzene rings is 1. The molecule has 1 unspecified atom stereocenters. The molecule has 96 valence electrons. The predicted molar refractivity (Wildman–Crippen MR) is 67.1 cm³/mol. The maximum atomic E-state index is 13.0. The number of nitrogens with one attached hydrogen (secondary N) is 1. The summed E-state index contributed by atoms with van der Waals surface area (Å²) in [6, 6.07) is 4.69. The predicted octanol–water partition coefficient (Wildman–Crippen LogP) is 3.68. The van der Waals surface area contributed by atoms with Gasteiger partial charge in [-0.25, -0.2) is 8.78 Å². The molecule has 0 saturated heterocycles. The van der Waals surface area contributed by atoms with Gasteiger partial charge >= 0.3 is 0 Å². The zero-order valence-corrected chi connectivity index (χ0v) is 10.6. The minimum absolute atomic E-state index is 0.533. The van der Waals surface area contributed by atoms with Gasteiger partial charge in [0.05, 0.1) is 0 Å². The normalized spacial score (nSPS) is 12.7. The Morgan fingerprint density at radius 1 is 1.18 bits per heavy atom. The molecule has 1 atom stereocenters. The molecule has 0 aliphatic carbocycles. The van der Waals surface area contributed by atoms with Crippen molar-refractivity contribution in [1.82, 2.24) is 5.32 Å². The van der Waals surface area contributed by atoms with Crippen LogP contribution in [-0.2, 0) is 6.42 Å². The standard InChI is InChI=1S/C14H21F2N/c1-3-5-12(17-2)7-4-6-11-8-9-13(15)14(16)10-11/h8-10,12,17H,3-7H2,1-2H3. The maximum absolute atomic E-state index is 13.0. The van der Waals surface area contributed by atoms with Crippen LogP contribution in [0.2, 0.25) is 0 Å². The Bertz CT molecular complexity index is 339. The molecule has 1 nitrogen and oxygen atoms in total. The molecule has 0 aromatic heterocycles. The van der Waals surface area contributed by atoms with E-state index in [-0.39, 0.29) is 0 Å². The smallest absolute Gasteiger partial charge is 0.159 e. The van der Waals surface area contributed by atoms with E-state index < -0.39 is 11.6 Å². The first-order valence-electron chi connectivity index (χ1n) is 6.28. The molecule has 0 amide bonds. The highest BCUT2D eigenvalue weighted by Gasteiger charge is 2.06. The number of hydrogen-bond acceptors (Lipinski definition) is 1. The highest BCUT2D eigenvalue weighted by Crippen LogP contribution is 2.13. The molecule has 1 aromatic rings. The first kappa shape index (κ1) is 14.1. The van der Waals surface area contributed by atoms with Crippen molar-refractivity contribution in [2.24, 2.45) is 0 Å². The van der Waals surface area contributed by atoms with Crippen LogP contribution in [0.25, 0.3) is 0 Å². The number of rotatable bonds is 7. The fraction of sp³-hybridized carbons (Fsp3) is 0.571. The lowest BCUT2D eigenvalue weighted by molar-refractivity contribution is 0.468. The van der Waals surface area contributed by atoms with Crippen molar-refractivity contribution in [3.05, 3.63) is 35.4 Å². The average molecular weight is 241 g/mol. The fourth-order valence-electron chi connectivity index (χ4n) is 2.03. The molecule has 0 spiro atoms. The van der Waals surface area contributed by atoms with Gasteiger partial charge in [0, 0.05) is 6.04 Å². The van der Waals surface area contributed by atoms with Gasteiger partial charge in [0.15, 0.2) is 11.6 Å². The monoisotopic (exact) mass is 241 g/mol. The minimum Gasteiger partial charge on any atom is -0.317 e. The largest absolute Gasteiger partial charge is 0.317 e. The van der Waals surface area contributed by atoms with Crippen molar-refractivity contribution < 1.29 is 8.78 Å². The highest BCUT2D eigenvalue weighted by molar-refractivity contribution is 5.17. The van der Waals surface area contributed by atoms with Crippen molar-refractivity contribution >= 4 is 0 Å². The number of hydrogen-bond donors (Lipinski definition) is 1. The molecule has 0 heterocycles. The van der Waals surface area contributed by atoms with Gasteiger partial charge in [-0.2, -0.15) is 0 Å². The Hall–Kier alpha value is -0.960. The first-order chi connectivity index (χ1) is 8.17. The topological polar surface area (TPSA) is 12.0 Å². The van der Waals surface area contributed by atoms with Gasteiger partial charge in [-0.15, -0.1) is 0 Å². The molecule has 17 heavy (non-hydrogen) atoms. The van der Waals surface area contributed by atoms with Crippen LogP contribution < -0.4 is 5.32 Å². The second-order valence-corrected chi connectivity index (χ2v) is 4.41. The van der Waals surface area contributed by atoms with Crippen LogP contribution in [0.15, 0.2) is 18.2 Å². The zero-order chi connectivity index (χ0) is 12.7. The summed E-state index contributed by atoms with van der Waals surface area (Å²) in [7, 11) is 1.97. The SMILES string of the molecule is CCCC(CCCc1ccc(F)c(F)c1)NC. The average Bonchev–Trinajstić information content (AvgIpc) is 2.32. The van der Waals surface area contributed by atoms with E-state index in [1.807, 2.05) is 7.05 Å². The van der Waals surface area contributed by atoms with Crippen molar-refractivity contribution in [2.75, 3.05) is 7.05 Å². The third-order valence-corrected chi connectivity index (χ3v) is 3.05. The minimum atomic E-state index is -0.771. The summed E-state index contributed by atoms with van der Waals surface area (Å²) in [5, 5.41) is 3.28. The lowest BCUT2D eigenvalue weighted by atomic mass is 10.0. The van der Waals surface area contributed by atoms with Crippen molar-refractivity contribution in [3.63, 3.8) is 0 Å². The van der Waals surface area contributed by atoms with E-state index >= 15 is 0 Å². The van der Waals surface area contributed by atoms with E-state index in [1.54, 1.807) is 6.07 Å². The molecule has 0 aliphatic rings. The van der Waals surface area contributed by atoms with Crippen molar-refractivity contribution in [1.29, 1.82) is 0 Å². The molecule has 1 rings (SSSR count). The van der Waals surface area contributed by atoms with E-state index in [9.17, 15) is 8.78 Å². The molecular weight excluding hydrogens is 220 g/mol. The molecule has 1 N–H and O–H groups in total. The van der Waals surface area contributed by atoms with E-state index in [1.165, 1.54) is 12.1 Å². The zero-order valence-electron chi connectivity index (χ0n) is 10.6. The fourth-order valence-corrected chi connectivity index (χ4v) is 2.03. The summed E-state index contributed by atoms with van der Waals surface area (Å²) in [6.07, 6.45) is 5.20. The van der Waals surface area contributed by atoms with Crippen LogP contribution in [0.5, 0.6) is 0 Å². The van der Waals surface area contributed by atoms with Gasteiger partial charge in [0.25, 0.3) is 0 Å². The highest BCUT2D eigenvalue weighted by atomic mass is 19.2. The van der Waals surface area contributed by atoms with E-state index in [4.69, 9.17) is 0 Å². The summed E-state index contributed by atoms with van der Waals surface area (Å²) in [5.74, 6) is -1.52. The molecule has 0 fully saturated rings. The van der Waals surface area contributed by atoms with E-state index in [2.05, 4.69) is 12.2 Å². The van der Waals surface area contributed by atoms with Gasteiger partial charge in [-0.05, 0) is 50.4 Å². The van der Waals surface area contributed by atoms with Crippen LogP contribution in [0.3, 0.4) is 0 Å². The van der Waals surface area contributed by atoms with Crippen molar-refractivity contribution in [2.45, 2.75) is 45.1 Å². The van der Waals surface area contributed by atoms with Gasteiger partial charge in [-0.3, -0.25) is 0 Å². The molecule has 0 aliphatic heterocycles. The molecular formula is C14H21F2N. The Balaban J connectivity index is 2.37. The van der Waals surface area contributed by atoms with Crippen LogP contribution in [-0.4, -0.2) is 13.1 Å². The molecule has 1 aromatic carbocycles. The van der Waals surface area contributed by atoms with E-state index in [0.717, 1.165) is 37.7 Å². The molecule has 0 saturated carbocycles. The van der Waals surface area contributed by atoms with Crippen LogP contribution in [0.4, 0.5) is 8.78 Å². The van der Waals surface area contributed by atoms with Gasteiger partial charge in [0.2, 0.25) is 0 Å². The quantitative estimate of drug-likeness (QED) is 0.768. The third-order valence-electron chi connectivity index (χ3n) is 3.05. The summed E-state index contributed by atoms with van der Waals surface area (Å²) in [4.78, 5) is 0. The molecule has 0 bridgehead atoms. The Kier molecular flexibility index (Phi) is 6.12. The summed E-state index contributed by atoms with van der Waals surface area (Å²) >= 11 is 0. The maximum Gasteiger partial charge on any atom is 0.159 e. The first-order valence-corrected chi connectivity index (χ1v) is 6.28.